The average molecular weight is 345 g/mol. The van der Waals surface area contributed by atoms with E-state index in [2.05, 4.69) is 31.6 Å². The van der Waals surface area contributed by atoms with Gasteiger partial charge in [-0.25, -0.2) is 9.97 Å². The van der Waals surface area contributed by atoms with Crippen LogP contribution in [0.5, 0.6) is 0 Å². The molecule has 0 saturated carbocycles. The van der Waals surface area contributed by atoms with Gasteiger partial charge in [0.25, 0.3) is 0 Å². The topological polar surface area (TPSA) is 52.6 Å². The average Bonchev–Trinajstić information content (AvgIpc) is 2.61. The molecule has 3 rings (SSSR count). The number of hydrogen-bond donors (Lipinski definition) is 0. The zero-order chi connectivity index (χ0) is 17.8. The van der Waals surface area contributed by atoms with Crippen LogP contribution in [0.1, 0.15) is 37.6 Å². The summed E-state index contributed by atoms with van der Waals surface area (Å²) in [6, 6.07) is 2.01. The molecule has 2 fully saturated rings. The monoisotopic (exact) mass is 345 g/mol. The molecule has 138 valence electrons. The van der Waals surface area contributed by atoms with Gasteiger partial charge in [-0.2, -0.15) is 0 Å². The summed E-state index contributed by atoms with van der Waals surface area (Å²) in [5.74, 6) is 1.69. The minimum atomic E-state index is 0.344. The van der Waals surface area contributed by atoms with Crippen molar-refractivity contribution in [1.82, 2.24) is 19.8 Å². The molecule has 2 saturated heterocycles. The molecule has 0 aromatic carbocycles. The van der Waals surface area contributed by atoms with Gasteiger partial charge in [0, 0.05) is 57.1 Å². The maximum Gasteiger partial charge on any atom is 0.225 e. The number of piperazine rings is 1. The van der Waals surface area contributed by atoms with E-state index in [0.29, 0.717) is 18.2 Å². The maximum atomic E-state index is 12.6. The standard InChI is InChI=1S/C19H31N5O/c1-4-22-9-11-23(12-10-22)18(25)14-17-5-7-24(8-6-17)19-20-15(2)13-16(3)21-19/h13,17H,4-12,14H2,1-3H3. The summed E-state index contributed by atoms with van der Waals surface area (Å²) in [6.45, 7) is 13.0. The van der Waals surface area contributed by atoms with Gasteiger partial charge in [-0.3, -0.25) is 4.79 Å². The summed E-state index contributed by atoms with van der Waals surface area (Å²) in [4.78, 5) is 28.4. The molecule has 0 N–H and O–H groups in total. The lowest BCUT2D eigenvalue weighted by atomic mass is 9.93. The third kappa shape index (κ3) is 4.69. The van der Waals surface area contributed by atoms with Crippen molar-refractivity contribution in [2.45, 2.75) is 40.0 Å². The van der Waals surface area contributed by atoms with Crippen LogP contribution in [0.3, 0.4) is 0 Å². The molecule has 1 aromatic heterocycles. The second kappa shape index (κ2) is 8.13. The van der Waals surface area contributed by atoms with Crippen molar-refractivity contribution in [3.63, 3.8) is 0 Å². The molecule has 0 atom stereocenters. The van der Waals surface area contributed by atoms with Gasteiger partial charge >= 0.3 is 0 Å². The maximum absolute atomic E-state index is 12.6. The number of carbonyl (C=O) groups excluding carboxylic acids is 1. The van der Waals surface area contributed by atoms with E-state index in [0.717, 1.165) is 76.0 Å². The smallest absolute Gasteiger partial charge is 0.225 e. The predicted octanol–water partition coefficient (Wildman–Crippen LogP) is 1.86. The van der Waals surface area contributed by atoms with E-state index in [1.165, 1.54) is 0 Å². The molecule has 0 bridgehead atoms. The highest BCUT2D eigenvalue weighted by molar-refractivity contribution is 5.76. The van der Waals surface area contributed by atoms with Gasteiger partial charge in [0.15, 0.2) is 0 Å². The second-order valence-electron chi connectivity index (χ2n) is 7.40. The summed E-state index contributed by atoms with van der Waals surface area (Å²) in [7, 11) is 0. The predicted molar refractivity (Wildman–Crippen MR) is 99.8 cm³/mol. The molecule has 25 heavy (non-hydrogen) atoms. The van der Waals surface area contributed by atoms with E-state index in [1.807, 2.05) is 19.9 Å². The number of aromatic nitrogens is 2. The molecule has 6 heteroatoms. The third-order valence-electron chi connectivity index (χ3n) is 5.50. The van der Waals surface area contributed by atoms with Gasteiger partial charge in [-0.05, 0) is 45.2 Å². The van der Waals surface area contributed by atoms with E-state index in [-0.39, 0.29) is 0 Å². The Bertz CT molecular complexity index is 569. The fourth-order valence-corrected chi connectivity index (χ4v) is 3.88. The number of hydrogen-bond acceptors (Lipinski definition) is 5. The summed E-state index contributed by atoms with van der Waals surface area (Å²) in [5, 5.41) is 0. The zero-order valence-electron chi connectivity index (χ0n) is 15.9. The minimum Gasteiger partial charge on any atom is -0.341 e. The van der Waals surface area contributed by atoms with Crippen molar-refractivity contribution in [3.05, 3.63) is 17.5 Å². The summed E-state index contributed by atoms with van der Waals surface area (Å²) < 4.78 is 0. The largest absolute Gasteiger partial charge is 0.341 e. The molecule has 1 aromatic rings. The lowest BCUT2D eigenvalue weighted by Crippen LogP contribution is -2.49. The Labute approximate surface area is 151 Å². The van der Waals surface area contributed by atoms with Crippen LogP contribution in [-0.4, -0.2) is 71.5 Å². The van der Waals surface area contributed by atoms with Gasteiger partial charge in [0.2, 0.25) is 11.9 Å². The van der Waals surface area contributed by atoms with E-state index in [4.69, 9.17) is 0 Å². The first-order valence-corrected chi connectivity index (χ1v) is 9.62. The van der Waals surface area contributed by atoms with E-state index in [1.54, 1.807) is 0 Å². The van der Waals surface area contributed by atoms with Crippen molar-refractivity contribution in [2.24, 2.45) is 5.92 Å². The van der Waals surface area contributed by atoms with Gasteiger partial charge in [0.1, 0.15) is 0 Å². The Morgan fingerprint density at radius 3 is 2.20 bits per heavy atom. The third-order valence-corrected chi connectivity index (χ3v) is 5.50. The Morgan fingerprint density at radius 1 is 1.04 bits per heavy atom. The van der Waals surface area contributed by atoms with Gasteiger partial charge in [-0.1, -0.05) is 6.92 Å². The molecule has 6 nitrogen and oxygen atoms in total. The minimum absolute atomic E-state index is 0.344. The van der Waals surface area contributed by atoms with Gasteiger partial charge < -0.3 is 14.7 Å². The molecule has 3 heterocycles. The van der Waals surface area contributed by atoms with Gasteiger partial charge in [0.05, 0.1) is 0 Å². The van der Waals surface area contributed by atoms with Crippen LogP contribution in [0.4, 0.5) is 5.95 Å². The quantitative estimate of drug-likeness (QED) is 0.834. The molecule has 0 radical (unpaired) electrons. The highest BCUT2D eigenvalue weighted by Gasteiger charge is 2.26. The van der Waals surface area contributed by atoms with Crippen LogP contribution in [0.15, 0.2) is 6.07 Å². The number of carbonyl (C=O) groups is 1. The molecule has 2 aliphatic heterocycles. The fourth-order valence-electron chi connectivity index (χ4n) is 3.88. The molecular weight excluding hydrogens is 314 g/mol. The number of piperidine rings is 1. The number of likely N-dealkylation sites (N-methyl/N-ethyl adjacent to an activating group) is 1. The normalized spacial score (nSPS) is 20.1. The summed E-state index contributed by atoms with van der Waals surface area (Å²) >= 11 is 0. The highest BCUT2D eigenvalue weighted by atomic mass is 16.2. The number of amides is 1. The lowest BCUT2D eigenvalue weighted by molar-refractivity contribution is -0.134. The first-order valence-electron chi connectivity index (χ1n) is 9.62. The van der Waals surface area contributed by atoms with Crippen LogP contribution in [-0.2, 0) is 4.79 Å². The van der Waals surface area contributed by atoms with Gasteiger partial charge in [-0.15, -0.1) is 0 Å². The summed E-state index contributed by atoms with van der Waals surface area (Å²) in [5.41, 5.74) is 2.04. The second-order valence-corrected chi connectivity index (χ2v) is 7.40. The Hall–Kier alpha value is -1.69. The van der Waals surface area contributed by atoms with Crippen LogP contribution in [0, 0.1) is 19.8 Å². The molecule has 2 aliphatic rings. The van der Waals surface area contributed by atoms with E-state index in [9.17, 15) is 4.79 Å². The molecule has 0 spiro atoms. The van der Waals surface area contributed by atoms with Crippen LogP contribution < -0.4 is 4.90 Å². The Balaban J connectivity index is 1.47. The van der Waals surface area contributed by atoms with Crippen molar-refractivity contribution >= 4 is 11.9 Å². The molecular formula is C19H31N5O. The van der Waals surface area contributed by atoms with E-state index < -0.39 is 0 Å². The molecule has 1 amide bonds. The van der Waals surface area contributed by atoms with Crippen molar-refractivity contribution in [2.75, 3.05) is 50.7 Å². The number of anilines is 1. The first kappa shape index (κ1) is 18.1. The van der Waals surface area contributed by atoms with E-state index >= 15 is 0 Å². The fraction of sp³-hybridized carbons (Fsp3) is 0.737. The number of nitrogens with zero attached hydrogens (tertiary/aromatic N) is 5. The van der Waals surface area contributed by atoms with Crippen molar-refractivity contribution in [3.8, 4) is 0 Å². The number of aryl methyl sites for hydroxylation is 2. The summed E-state index contributed by atoms with van der Waals surface area (Å²) in [6.07, 6.45) is 2.81. The molecule has 0 unspecified atom stereocenters. The number of rotatable bonds is 4. The lowest BCUT2D eigenvalue weighted by Gasteiger charge is -2.36. The Kier molecular flexibility index (Phi) is 5.89. The van der Waals surface area contributed by atoms with Crippen molar-refractivity contribution < 1.29 is 4.79 Å². The van der Waals surface area contributed by atoms with Crippen molar-refractivity contribution in [1.29, 1.82) is 0 Å². The SMILES string of the molecule is CCN1CCN(C(=O)CC2CCN(c3nc(C)cc(C)n3)CC2)CC1. The molecule has 0 aliphatic carbocycles. The van der Waals surface area contributed by atoms with Crippen LogP contribution >= 0.6 is 0 Å². The van der Waals surface area contributed by atoms with Crippen LogP contribution in [0.25, 0.3) is 0 Å². The first-order chi connectivity index (χ1) is 12.0. The highest BCUT2D eigenvalue weighted by Crippen LogP contribution is 2.24. The van der Waals surface area contributed by atoms with Crippen LogP contribution in [0.2, 0.25) is 0 Å². The Morgan fingerprint density at radius 2 is 1.64 bits per heavy atom. The zero-order valence-corrected chi connectivity index (χ0v) is 15.9.